The lowest BCUT2D eigenvalue weighted by molar-refractivity contribution is -0.135. The summed E-state index contributed by atoms with van der Waals surface area (Å²) in [6, 6.07) is 8.95. The number of carbonyl (C=O) groups is 2. The molecule has 0 aromatic heterocycles. The summed E-state index contributed by atoms with van der Waals surface area (Å²) in [6.07, 6.45) is 1.38. The van der Waals surface area contributed by atoms with Crippen molar-refractivity contribution in [2.45, 2.75) is 25.8 Å². The van der Waals surface area contributed by atoms with Gasteiger partial charge in [0.1, 0.15) is 0 Å². The molecule has 1 fully saturated rings. The second-order valence-corrected chi connectivity index (χ2v) is 5.24. The molecule has 1 atom stereocenters. The summed E-state index contributed by atoms with van der Waals surface area (Å²) < 4.78 is 0. The number of halogens is 1. The zero-order valence-corrected chi connectivity index (χ0v) is 12.9. The van der Waals surface area contributed by atoms with Gasteiger partial charge < -0.3 is 16.0 Å². The predicted molar refractivity (Wildman–Crippen MR) is 85.3 cm³/mol. The Hall–Kier alpha value is -1.59. The average Bonchev–Trinajstić information content (AvgIpc) is 2.47. The van der Waals surface area contributed by atoms with Crippen LogP contribution in [0.1, 0.15) is 19.8 Å². The molecule has 2 amide bonds. The van der Waals surface area contributed by atoms with Gasteiger partial charge >= 0.3 is 0 Å². The van der Waals surface area contributed by atoms with E-state index in [1.54, 1.807) is 11.8 Å². The molecule has 0 bridgehead atoms. The van der Waals surface area contributed by atoms with Crippen LogP contribution < -0.4 is 11.1 Å². The fraction of sp³-hybridized carbons (Fsp3) is 0.467. The average molecular weight is 312 g/mol. The first-order valence-corrected chi connectivity index (χ1v) is 6.98. The number of amides is 2. The van der Waals surface area contributed by atoms with E-state index in [9.17, 15) is 9.59 Å². The summed E-state index contributed by atoms with van der Waals surface area (Å²) in [5, 5.41) is 2.91. The van der Waals surface area contributed by atoms with E-state index in [0.29, 0.717) is 25.9 Å². The van der Waals surface area contributed by atoms with Crippen molar-refractivity contribution < 1.29 is 9.59 Å². The fourth-order valence-electron chi connectivity index (χ4n) is 2.42. The van der Waals surface area contributed by atoms with Crippen LogP contribution in [0.2, 0.25) is 0 Å². The molecule has 1 aliphatic rings. The molecular weight excluding hydrogens is 290 g/mol. The minimum Gasteiger partial charge on any atom is -0.341 e. The first kappa shape index (κ1) is 17.5. The smallest absolute Gasteiger partial charge is 0.239 e. The Kier molecular flexibility index (Phi) is 6.65. The van der Waals surface area contributed by atoms with E-state index in [4.69, 9.17) is 5.73 Å². The number of likely N-dealkylation sites (tertiary alicyclic amines) is 1. The molecule has 1 saturated heterocycles. The Morgan fingerprint density at radius 3 is 2.33 bits per heavy atom. The predicted octanol–water partition coefficient (Wildman–Crippen LogP) is 1.63. The Morgan fingerprint density at radius 2 is 1.81 bits per heavy atom. The van der Waals surface area contributed by atoms with E-state index in [-0.39, 0.29) is 30.1 Å². The van der Waals surface area contributed by atoms with E-state index < -0.39 is 6.04 Å². The minimum absolute atomic E-state index is 0. The first-order valence-electron chi connectivity index (χ1n) is 6.98. The fourth-order valence-corrected chi connectivity index (χ4v) is 2.42. The van der Waals surface area contributed by atoms with Gasteiger partial charge in [0, 0.05) is 24.7 Å². The number of hydrogen-bond acceptors (Lipinski definition) is 3. The third kappa shape index (κ3) is 4.72. The third-order valence-electron chi connectivity index (χ3n) is 3.61. The number of rotatable bonds is 3. The van der Waals surface area contributed by atoms with Crippen LogP contribution in [-0.2, 0) is 9.59 Å². The minimum atomic E-state index is -0.468. The maximum atomic E-state index is 12.1. The van der Waals surface area contributed by atoms with E-state index in [0.717, 1.165) is 5.69 Å². The molecule has 6 heteroatoms. The van der Waals surface area contributed by atoms with Crippen LogP contribution in [0.25, 0.3) is 0 Å². The van der Waals surface area contributed by atoms with Crippen molar-refractivity contribution in [1.82, 2.24) is 4.90 Å². The van der Waals surface area contributed by atoms with Crippen molar-refractivity contribution in [3.63, 3.8) is 0 Å². The number of anilines is 1. The van der Waals surface area contributed by atoms with Crippen LogP contribution in [0.5, 0.6) is 0 Å². The molecular formula is C15H22ClN3O2. The molecule has 116 valence electrons. The highest BCUT2D eigenvalue weighted by atomic mass is 35.5. The Bertz CT molecular complexity index is 471. The van der Waals surface area contributed by atoms with Gasteiger partial charge in [0.25, 0.3) is 0 Å². The molecule has 1 unspecified atom stereocenters. The second-order valence-electron chi connectivity index (χ2n) is 5.24. The molecule has 1 aromatic carbocycles. The molecule has 0 saturated carbocycles. The summed E-state index contributed by atoms with van der Waals surface area (Å²) in [6.45, 7) is 2.90. The number of benzene rings is 1. The number of piperidine rings is 1. The summed E-state index contributed by atoms with van der Waals surface area (Å²) in [7, 11) is 0. The lowest BCUT2D eigenvalue weighted by Gasteiger charge is -2.32. The molecule has 0 spiro atoms. The summed E-state index contributed by atoms with van der Waals surface area (Å²) in [5.74, 6) is -0.0386. The molecule has 3 N–H and O–H groups in total. The number of carbonyl (C=O) groups excluding carboxylic acids is 2. The van der Waals surface area contributed by atoms with Crippen LogP contribution >= 0.6 is 12.4 Å². The monoisotopic (exact) mass is 311 g/mol. The lowest BCUT2D eigenvalue weighted by atomic mass is 9.95. The topological polar surface area (TPSA) is 75.4 Å². The molecule has 1 aliphatic heterocycles. The van der Waals surface area contributed by atoms with Crippen LogP contribution in [0.3, 0.4) is 0 Å². The van der Waals surface area contributed by atoms with Crippen LogP contribution in [0.15, 0.2) is 30.3 Å². The van der Waals surface area contributed by atoms with E-state index in [1.807, 2.05) is 30.3 Å². The summed E-state index contributed by atoms with van der Waals surface area (Å²) >= 11 is 0. The van der Waals surface area contributed by atoms with E-state index in [1.165, 1.54) is 0 Å². The van der Waals surface area contributed by atoms with Crippen LogP contribution in [0, 0.1) is 5.92 Å². The van der Waals surface area contributed by atoms with Crippen molar-refractivity contribution >= 4 is 29.9 Å². The number of nitrogens with zero attached hydrogens (tertiary/aromatic N) is 1. The Balaban J connectivity index is 0.00000220. The zero-order valence-electron chi connectivity index (χ0n) is 12.1. The van der Waals surface area contributed by atoms with E-state index >= 15 is 0 Å². The third-order valence-corrected chi connectivity index (χ3v) is 3.61. The van der Waals surface area contributed by atoms with Gasteiger partial charge in [0.05, 0.1) is 6.04 Å². The van der Waals surface area contributed by atoms with Crippen molar-refractivity contribution in [2.24, 2.45) is 11.7 Å². The molecule has 0 radical (unpaired) electrons. The van der Waals surface area contributed by atoms with Crippen LogP contribution in [0.4, 0.5) is 5.69 Å². The molecule has 0 aliphatic carbocycles. The molecule has 1 aromatic rings. The second kappa shape index (κ2) is 8.00. The Labute approximate surface area is 131 Å². The molecule has 2 rings (SSSR count). The lowest BCUT2D eigenvalue weighted by Crippen LogP contribution is -2.47. The van der Waals surface area contributed by atoms with Crippen molar-refractivity contribution in [1.29, 1.82) is 0 Å². The highest BCUT2D eigenvalue weighted by Gasteiger charge is 2.28. The SMILES string of the molecule is CC(N)C(=O)N1CCC(C(=O)Nc2ccccc2)CC1.Cl. The zero-order chi connectivity index (χ0) is 14.5. The number of para-hydroxylation sites is 1. The van der Waals surface area contributed by atoms with Crippen LogP contribution in [-0.4, -0.2) is 35.8 Å². The van der Waals surface area contributed by atoms with Gasteiger partial charge in [0.2, 0.25) is 11.8 Å². The number of nitrogens with two attached hydrogens (primary N) is 1. The maximum absolute atomic E-state index is 12.1. The summed E-state index contributed by atoms with van der Waals surface area (Å²) in [5.41, 5.74) is 6.40. The highest BCUT2D eigenvalue weighted by molar-refractivity contribution is 5.92. The normalized spacial score (nSPS) is 16.8. The van der Waals surface area contributed by atoms with Crippen molar-refractivity contribution in [2.75, 3.05) is 18.4 Å². The highest BCUT2D eigenvalue weighted by Crippen LogP contribution is 2.19. The van der Waals surface area contributed by atoms with Gasteiger partial charge in [-0.25, -0.2) is 0 Å². The number of nitrogens with one attached hydrogen (secondary N) is 1. The van der Waals surface area contributed by atoms with Crippen molar-refractivity contribution in [3.05, 3.63) is 30.3 Å². The van der Waals surface area contributed by atoms with E-state index in [2.05, 4.69) is 5.32 Å². The van der Waals surface area contributed by atoms with Gasteiger partial charge in [-0.05, 0) is 31.9 Å². The standard InChI is InChI=1S/C15H21N3O2.ClH/c1-11(16)15(20)18-9-7-12(8-10-18)14(19)17-13-5-3-2-4-6-13;/h2-6,11-12H,7-10,16H2,1H3,(H,17,19);1H. The maximum Gasteiger partial charge on any atom is 0.239 e. The van der Waals surface area contributed by atoms with Gasteiger partial charge in [-0.2, -0.15) is 0 Å². The van der Waals surface area contributed by atoms with Gasteiger partial charge in [-0.1, -0.05) is 18.2 Å². The van der Waals surface area contributed by atoms with Crippen molar-refractivity contribution in [3.8, 4) is 0 Å². The molecule has 5 nitrogen and oxygen atoms in total. The van der Waals surface area contributed by atoms with Gasteiger partial charge in [0.15, 0.2) is 0 Å². The first-order chi connectivity index (χ1) is 9.58. The van der Waals surface area contributed by atoms with Gasteiger partial charge in [-0.3, -0.25) is 9.59 Å². The molecule has 21 heavy (non-hydrogen) atoms. The molecule has 1 heterocycles. The quantitative estimate of drug-likeness (QED) is 0.891. The van der Waals surface area contributed by atoms with Gasteiger partial charge in [-0.15, -0.1) is 12.4 Å². The summed E-state index contributed by atoms with van der Waals surface area (Å²) in [4.78, 5) is 25.7. The number of hydrogen-bond donors (Lipinski definition) is 2. The largest absolute Gasteiger partial charge is 0.341 e. The Morgan fingerprint density at radius 1 is 1.24 bits per heavy atom.